The molecule has 0 spiro atoms. The molecule has 0 amide bonds. The smallest absolute Gasteiger partial charge is 0.246 e. The van der Waals surface area contributed by atoms with Crippen molar-refractivity contribution >= 4 is 32.5 Å². The summed E-state index contributed by atoms with van der Waals surface area (Å²) in [5.41, 5.74) is 2.74. The van der Waals surface area contributed by atoms with Crippen molar-refractivity contribution in [2.75, 3.05) is 40.4 Å². The summed E-state index contributed by atoms with van der Waals surface area (Å²) in [6, 6.07) is 12.7. The second-order valence-corrected chi connectivity index (χ2v) is 10.00. The molecule has 7 nitrogen and oxygen atoms in total. The fourth-order valence-corrected chi connectivity index (χ4v) is 5.78. The van der Waals surface area contributed by atoms with Crippen LogP contribution in [0.1, 0.15) is 11.3 Å². The van der Waals surface area contributed by atoms with Crippen LogP contribution in [-0.2, 0) is 16.6 Å². The van der Waals surface area contributed by atoms with Crippen LogP contribution in [0.15, 0.2) is 47.4 Å². The fraction of sp³-hybridized carbons (Fsp3) is 0.348. The Morgan fingerprint density at radius 1 is 1.03 bits per heavy atom. The largest absolute Gasteiger partial charge is 0.497 e. The number of pyridine rings is 1. The molecule has 32 heavy (non-hydrogen) atoms. The van der Waals surface area contributed by atoms with Crippen molar-refractivity contribution in [3.63, 3.8) is 0 Å². The Labute approximate surface area is 193 Å². The van der Waals surface area contributed by atoms with Gasteiger partial charge in [0.25, 0.3) is 0 Å². The molecule has 4 rings (SSSR count). The fourth-order valence-electron chi connectivity index (χ4n) is 3.99. The zero-order valence-corrected chi connectivity index (χ0v) is 19.9. The number of sulfonamides is 1. The highest BCUT2D eigenvalue weighted by Crippen LogP contribution is 2.32. The monoisotopic (exact) mass is 475 g/mol. The lowest BCUT2D eigenvalue weighted by Crippen LogP contribution is -2.48. The van der Waals surface area contributed by atoms with Gasteiger partial charge < -0.3 is 9.47 Å². The number of nitrogens with zero attached hydrogens (tertiary/aromatic N) is 3. The minimum absolute atomic E-state index is 0.114. The molecule has 1 saturated heterocycles. The molecule has 3 aromatic rings. The Morgan fingerprint density at radius 2 is 1.75 bits per heavy atom. The molecule has 1 fully saturated rings. The number of halogens is 1. The standard InChI is InChI=1S/C23H26ClN3O4S/c1-16-18-6-4-5-7-19(18)25-20(23(16)24)15-26-10-12-27(13-11-26)32(28,29)22-14-17(30-2)8-9-21(22)31-3/h4-9,14H,10-13,15H2,1-3H3. The van der Waals surface area contributed by atoms with Crippen molar-refractivity contribution < 1.29 is 17.9 Å². The van der Waals surface area contributed by atoms with E-state index in [2.05, 4.69) is 4.90 Å². The zero-order valence-electron chi connectivity index (χ0n) is 18.3. The first-order chi connectivity index (χ1) is 15.3. The number of benzene rings is 2. The van der Waals surface area contributed by atoms with Crippen LogP contribution in [0.25, 0.3) is 10.9 Å². The van der Waals surface area contributed by atoms with Gasteiger partial charge in [0.2, 0.25) is 10.0 Å². The lowest BCUT2D eigenvalue weighted by Gasteiger charge is -2.34. The number of aryl methyl sites for hydroxylation is 1. The van der Waals surface area contributed by atoms with E-state index in [4.69, 9.17) is 26.1 Å². The maximum absolute atomic E-state index is 13.3. The molecular weight excluding hydrogens is 450 g/mol. The molecule has 0 aliphatic carbocycles. The summed E-state index contributed by atoms with van der Waals surface area (Å²) in [5.74, 6) is 0.770. The predicted molar refractivity (Wildman–Crippen MR) is 125 cm³/mol. The summed E-state index contributed by atoms with van der Waals surface area (Å²) >= 11 is 6.61. The summed E-state index contributed by atoms with van der Waals surface area (Å²) in [4.78, 5) is 7.04. The highest BCUT2D eigenvalue weighted by molar-refractivity contribution is 7.89. The van der Waals surface area contributed by atoms with Gasteiger partial charge in [0.05, 0.1) is 30.5 Å². The van der Waals surface area contributed by atoms with Crippen molar-refractivity contribution in [3.8, 4) is 11.5 Å². The van der Waals surface area contributed by atoms with Crippen molar-refractivity contribution in [2.45, 2.75) is 18.4 Å². The van der Waals surface area contributed by atoms with E-state index in [-0.39, 0.29) is 4.90 Å². The molecule has 170 valence electrons. The van der Waals surface area contributed by atoms with E-state index in [1.807, 2.05) is 31.2 Å². The molecule has 0 saturated carbocycles. The van der Waals surface area contributed by atoms with Crippen LogP contribution < -0.4 is 9.47 Å². The Bertz CT molecular complexity index is 1240. The Balaban J connectivity index is 1.50. The Morgan fingerprint density at radius 3 is 2.44 bits per heavy atom. The molecule has 1 aromatic heterocycles. The number of rotatable bonds is 6. The van der Waals surface area contributed by atoms with Gasteiger partial charge in [0.15, 0.2) is 0 Å². The van der Waals surface area contributed by atoms with Crippen LogP contribution in [0.5, 0.6) is 11.5 Å². The van der Waals surface area contributed by atoms with Crippen LogP contribution >= 0.6 is 11.6 Å². The number of hydrogen-bond acceptors (Lipinski definition) is 6. The van der Waals surface area contributed by atoms with Crippen LogP contribution in [0, 0.1) is 6.92 Å². The maximum atomic E-state index is 13.3. The van der Waals surface area contributed by atoms with E-state index in [0.29, 0.717) is 49.2 Å². The molecule has 0 radical (unpaired) electrons. The maximum Gasteiger partial charge on any atom is 0.246 e. The summed E-state index contributed by atoms with van der Waals surface area (Å²) in [7, 11) is -0.753. The first kappa shape index (κ1) is 22.8. The summed E-state index contributed by atoms with van der Waals surface area (Å²) in [6.07, 6.45) is 0. The average molecular weight is 476 g/mol. The third-order valence-electron chi connectivity index (χ3n) is 5.84. The van der Waals surface area contributed by atoms with Gasteiger partial charge in [-0.25, -0.2) is 13.4 Å². The Kier molecular flexibility index (Phi) is 6.57. The predicted octanol–water partition coefficient (Wildman–Crippen LogP) is 3.72. The lowest BCUT2D eigenvalue weighted by molar-refractivity contribution is 0.180. The highest BCUT2D eigenvalue weighted by Gasteiger charge is 2.31. The van der Waals surface area contributed by atoms with Gasteiger partial charge in [-0.3, -0.25) is 4.90 Å². The minimum Gasteiger partial charge on any atom is -0.497 e. The molecule has 1 aliphatic heterocycles. The second-order valence-electron chi connectivity index (χ2n) is 7.71. The first-order valence-electron chi connectivity index (χ1n) is 10.3. The SMILES string of the molecule is COc1ccc(OC)c(S(=O)(=O)N2CCN(Cc3nc4ccccc4c(C)c3Cl)CC2)c1. The van der Waals surface area contributed by atoms with Gasteiger partial charge in [-0.15, -0.1) is 0 Å². The number of ether oxygens (including phenoxy) is 2. The van der Waals surface area contributed by atoms with Crippen LogP contribution in [0.2, 0.25) is 5.02 Å². The van der Waals surface area contributed by atoms with Crippen molar-refractivity contribution in [1.29, 1.82) is 0 Å². The summed E-state index contributed by atoms with van der Waals surface area (Å²) in [6.45, 7) is 4.47. The molecule has 0 atom stereocenters. The number of hydrogen-bond donors (Lipinski definition) is 0. The number of aromatic nitrogens is 1. The minimum atomic E-state index is -3.72. The van der Waals surface area contributed by atoms with Gasteiger partial charge in [-0.1, -0.05) is 29.8 Å². The molecule has 0 N–H and O–H groups in total. The highest BCUT2D eigenvalue weighted by atomic mass is 35.5. The van der Waals surface area contributed by atoms with E-state index in [0.717, 1.165) is 22.2 Å². The molecule has 2 heterocycles. The van der Waals surface area contributed by atoms with Crippen molar-refractivity contribution in [3.05, 3.63) is 58.7 Å². The summed E-state index contributed by atoms with van der Waals surface area (Å²) in [5, 5.41) is 1.71. The Hall–Kier alpha value is -2.39. The van der Waals surface area contributed by atoms with Gasteiger partial charge >= 0.3 is 0 Å². The average Bonchev–Trinajstić information content (AvgIpc) is 2.82. The number of para-hydroxylation sites is 1. The van der Waals surface area contributed by atoms with Gasteiger partial charge in [0, 0.05) is 44.2 Å². The van der Waals surface area contributed by atoms with E-state index in [1.54, 1.807) is 12.1 Å². The lowest BCUT2D eigenvalue weighted by atomic mass is 10.1. The van der Waals surface area contributed by atoms with E-state index in [1.165, 1.54) is 24.6 Å². The zero-order chi connectivity index (χ0) is 22.9. The second kappa shape index (κ2) is 9.23. The van der Waals surface area contributed by atoms with Crippen molar-refractivity contribution in [2.24, 2.45) is 0 Å². The number of piperazine rings is 1. The van der Waals surface area contributed by atoms with Crippen LogP contribution in [0.4, 0.5) is 0 Å². The van der Waals surface area contributed by atoms with Gasteiger partial charge in [0.1, 0.15) is 16.4 Å². The van der Waals surface area contributed by atoms with E-state index in [9.17, 15) is 8.42 Å². The van der Waals surface area contributed by atoms with Crippen molar-refractivity contribution in [1.82, 2.24) is 14.2 Å². The normalized spacial score (nSPS) is 15.8. The number of fused-ring (bicyclic) bond motifs is 1. The number of methoxy groups -OCH3 is 2. The molecule has 9 heteroatoms. The third-order valence-corrected chi connectivity index (χ3v) is 8.26. The molecule has 0 bridgehead atoms. The molecular formula is C23H26ClN3O4S. The van der Waals surface area contributed by atoms with Crippen LogP contribution in [0.3, 0.4) is 0 Å². The molecule has 0 unspecified atom stereocenters. The topological polar surface area (TPSA) is 72.0 Å². The third kappa shape index (κ3) is 4.28. The van der Waals surface area contributed by atoms with Gasteiger partial charge in [-0.2, -0.15) is 4.31 Å². The molecule has 1 aliphatic rings. The van der Waals surface area contributed by atoms with Gasteiger partial charge in [-0.05, 0) is 30.7 Å². The van der Waals surface area contributed by atoms with E-state index >= 15 is 0 Å². The summed E-state index contributed by atoms with van der Waals surface area (Å²) < 4.78 is 38.5. The van der Waals surface area contributed by atoms with E-state index < -0.39 is 10.0 Å². The van der Waals surface area contributed by atoms with Crippen LogP contribution in [-0.4, -0.2) is 63.0 Å². The molecule has 2 aromatic carbocycles. The first-order valence-corrected chi connectivity index (χ1v) is 12.1. The quantitative estimate of drug-likeness (QED) is 0.541.